The van der Waals surface area contributed by atoms with Crippen LogP contribution in [0.4, 0.5) is 11.7 Å². The maximum Gasteiger partial charge on any atom is 0.320 e. The first-order chi connectivity index (χ1) is 13.9. The van der Waals surface area contributed by atoms with Crippen molar-refractivity contribution in [2.45, 2.75) is 12.8 Å². The van der Waals surface area contributed by atoms with Crippen molar-refractivity contribution in [2.24, 2.45) is 0 Å². The van der Waals surface area contributed by atoms with Gasteiger partial charge in [-0.1, -0.05) is 35.4 Å². The number of para-hydroxylation sites is 1. The highest BCUT2D eigenvalue weighted by molar-refractivity contribution is 5.66. The van der Waals surface area contributed by atoms with Crippen LogP contribution in [-0.4, -0.2) is 21.8 Å². The molecule has 2 heterocycles. The third-order valence-electron chi connectivity index (χ3n) is 4.16. The Bertz CT molecular complexity index is 986. The number of nitrogens with one attached hydrogen (secondary N) is 1. The third kappa shape index (κ3) is 4.73. The van der Waals surface area contributed by atoms with Crippen LogP contribution in [0, 0.1) is 0 Å². The van der Waals surface area contributed by atoms with E-state index in [4.69, 9.17) is 9.15 Å². The highest BCUT2D eigenvalue weighted by atomic mass is 16.5. The number of anilines is 2. The number of ether oxygens (including phenoxy) is 1. The lowest BCUT2D eigenvalue weighted by atomic mass is 10.1. The van der Waals surface area contributed by atoms with E-state index in [1.807, 2.05) is 66.7 Å². The molecule has 4 aromatic rings. The second kappa shape index (κ2) is 8.81. The third-order valence-corrected chi connectivity index (χ3v) is 4.16. The number of nitrogens with zero attached hydrogens (tertiary/aromatic N) is 3. The molecule has 0 aliphatic carbocycles. The molecule has 0 radical (unpaired) electrons. The van der Waals surface area contributed by atoms with Crippen LogP contribution < -0.4 is 10.1 Å². The van der Waals surface area contributed by atoms with Crippen LogP contribution in [0.5, 0.6) is 5.75 Å². The van der Waals surface area contributed by atoms with Gasteiger partial charge in [0.05, 0.1) is 6.61 Å². The summed E-state index contributed by atoms with van der Waals surface area (Å²) >= 11 is 0. The monoisotopic (exact) mass is 372 g/mol. The van der Waals surface area contributed by atoms with E-state index >= 15 is 0 Å². The SMILES string of the molecule is c1ccc(OCCCc2nnc(Nc3ccc(-c4ccncc4)cc3)o2)cc1. The second-order valence-corrected chi connectivity index (χ2v) is 6.20. The zero-order valence-corrected chi connectivity index (χ0v) is 15.3. The normalized spacial score (nSPS) is 10.6. The standard InChI is InChI=1S/C22H20N4O2/c1-2-5-20(6-3-1)27-16-4-7-21-25-26-22(28-21)24-19-10-8-17(9-11-19)18-12-14-23-15-13-18/h1-3,5-6,8-15H,4,7,16H2,(H,24,26). The molecule has 0 spiro atoms. The van der Waals surface area contributed by atoms with Gasteiger partial charge in [0.15, 0.2) is 0 Å². The Labute approximate surface area is 163 Å². The highest BCUT2D eigenvalue weighted by Gasteiger charge is 2.07. The van der Waals surface area contributed by atoms with Gasteiger partial charge in [-0.25, -0.2) is 0 Å². The van der Waals surface area contributed by atoms with Crippen molar-refractivity contribution in [3.63, 3.8) is 0 Å². The number of rotatable bonds is 8. The van der Waals surface area contributed by atoms with Crippen LogP contribution >= 0.6 is 0 Å². The molecule has 0 unspecified atom stereocenters. The Hall–Kier alpha value is -3.67. The maximum atomic E-state index is 5.67. The van der Waals surface area contributed by atoms with Gasteiger partial charge in [-0.2, -0.15) is 0 Å². The minimum Gasteiger partial charge on any atom is -0.494 e. The van der Waals surface area contributed by atoms with Crippen LogP contribution in [0.25, 0.3) is 11.1 Å². The summed E-state index contributed by atoms with van der Waals surface area (Å²) in [5.41, 5.74) is 3.14. The number of benzene rings is 2. The lowest BCUT2D eigenvalue weighted by Gasteiger charge is -2.04. The fraction of sp³-hybridized carbons (Fsp3) is 0.136. The molecule has 2 aromatic heterocycles. The van der Waals surface area contributed by atoms with Crippen LogP contribution in [0.2, 0.25) is 0 Å². The minimum atomic E-state index is 0.385. The molecule has 0 aliphatic heterocycles. The quantitative estimate of drug-likeness (QED) is 0.444. The number of hydrogen-bond acceptors (Lipinski definition) is 6. The van der Waals surface area contributed by atoms with E-state index in [2.05, 4.69) is 20.5 Å². The topological polar surface area (TPSA) is 73.1 Å². The zero-order chi connectivity index (χ0) is 19.0. The molecule has 6 heteroatoms. The van der Waals surface area contributed by atoms with E-state index in [0.29, 0.717) is 24.9 Å². The van der Waals surface area contributed by atoms with Crippen LogP contribution in [0.3, 0.4) is 0 Å². The smallest absolute Gasteiger partial charge is 0.320 e. The average molecular weight is 372 g/mol. The summed E-state index contributed by atoms with van der Waals surface area (Å²) in [5, 5.41) is 11.3. The molecule has 6 nitrogen and oxygen atoms in total. The Kier molecular flexibility index (Phi) is 5.58. The van der Waals surface area contributed by atoms with Crippen molar-refractivity contribution in [3.05, 3.63) is 85.0 Å². The first-order valence-electron chi connectivity index (χ1n) is 9.14. The van der Waals surface area contributed by atoms with E-state index < -0.39 is 0 Å². The molecule has 28 heavy (non-hydrogen) atoms. The molecule has 0 bridgehead atoms. The summed E-state index contributed by atoms with van der Waals surface area (Å²) in [6, 6.07) is 22.1. The van der Waals surface area contributed by atoms with E-state index in [-0.39, 0.29) is 0 Å². The summed E-state index contributed by atoms with van der Waals surface area (Å²) in [4.78, 5) is 4.04. The highest BCUT2D eigenvalue weighted by Crippen LogP contribution is 2.22. The second-order valence-electron chi connectivity index (χ2n) is 6.20. The van der Waals surface area contributed by atoms with Crippen molar-refractivity contribution >= 4 is 11.7 Å². The Morgan fingerprint density at radius 1 is 0.821 bits per heavy atom. The summed E-state index contributed by atoms with van der Waals surface area (Å²) in [7, 11) is 0. The van der Waals surface area contributed by atoms with E-state index in [0.717, 1.165) is 29.0 Å². The molecular weight excluding hydrogens is 352 g/mol. The Morgan fingerprint density at radius 2 is 1.57 bits per heavy atom. The number of aromatic nitrogens is 3. The van der Waals surface area contributed by atoms with Gasteiger partial charge in [0, 0.05) is 24.5 Å². The summed E-state index contributed by atoms with van der Waals surface area (Å²) in [6.45, 7) is 0.603. The molecule has 4 rings (SSSR count). The average Bonchev–Trinajstić information content (AvgIpc) is 3.20. The molecule has 1 N–H and O–H groups in total. The van der Waals surface area contributed by atoms with Gasteiger partial charge in [-0.05, 0) is 53.9 Å². The summed E-state index contributed by atoms with van der Waals surface area (Å²) in [6.07, 6.45) is 5.04. The van der Waals surface area contributed by atoms with Gasteiger partial charge < -0.3 is 14.5 Å². The van der Waals surface area contributed by atoms with Crippen LogP contribution in [0.1, 0.15) is 12.3 Å². The summed E-state index contributed by atoms with van der Waals surface area (Å²) in [5.74, 6) is 1.46. The fourth-order valence-electron chi connectivity index (χ4n) is 2.75. The number of hydrogen-bond donors (Lipinski definition) is 1. The number of pyridine rings is 1. The molecule has 0 atom stereocenters. The molecule has 140 valence electrons. The zero-order valence-electron chi connectivity index (χ0n) is 15.3. The Morgan fingerprint density at radius 3 is 2.36 bits per heavy atom. The van der Waals surface area contributed by atoms with E-state index in [1.54, 1.807) is 12.4 Å². The van der Waals surface area contributed by atoms with E-state index in [9.17, 15) is 0 Å². The predicted octanol–water partition coefficient (Wildman–Crippen LogP) is 4.89. The predicted molar refractivity (Wildman–Crippen MR) is 108 cm³/mol. The fourth-order valence-corrected chi connectivity index (χ4v) is 2.75. The van der Waals surface area contributed by atoms with E-state index in [1.165, 1.54) is 0 Å². The van der Waals surface area contributed by atoms with Crippen LogP contribution in [0.15, 0.2) is 83.5 Å². The van der Waals surface area contributed by atoms with Crippen molar-refractivity contribution in [1.82, 2.24) is 15.2 Å². The first-order valence-corrected chi connectivity index (χ1v) is 9.14. The van der Waals surface area contributed by atoms with Crippen LogP contribution in [-0.2, 0) is 6.42 Å². The number of aryl methyl sites for hydroxylation is 1. The first kappa shape index (κ1) is 17.7. The van der Waals surface area contributed by atoms with Crippen molar-refractivity contribution < 1.29 is 9.15 Å². The van der Waals surface area contributed by atoms with Gasteiger partial charge in [-0.15, -0.1) is 5.10 Å². The largest absolute Gasteiger partial charge is 0.494 e. The van der Waals surface area contributed by atoms with Gasteiger partial charge in [-0.3, -0.25) is 4.98 Å². The molecule has 0 aliphatic rings. The van der Waals surface area contributed by atoms with Gasteiger partial charge >= 0.3 is 6.01 Å². The lowest BCUT2D eigenvalue weighted by Crippen LogP contribution is -1.99. The minimum absolute atomic E-state index is 0.385. The van der Waals surface area contributed by atoms with Gasteiger partial charge in [0.2, 0.25) is 5.89 Å². The summed E-state index contributed by atoms with van der Waals surface area (Å²) < 4.78 is 11.3. The van der Waals surface area contributed by atoms with Crippen molar-refractivity contribution in [1.29, 1.82) is 0 Å². The van der Waals surface area contributed by atoms with Crippen molar-refractivity contribution in [3.8, 4) is 16.9 Å². The maximum absolute atomic E-state index is 5.67. The molecule has 2 aromatic carbocycles. The molecule has 0 saturated carbocycles. The van der Waals surface area contributed by atoms with Crippen molar-refractivity contribution in [2.75, 3.05) is 11.9 Å². The van der Waals surface area contributed by atoms with Gasteiger partial charge in [0.1, 0.15) is 5.75 Å². The van der Waals surface area contributed by atoms with Gasteiger partial charge in [0.25, 0.3) is 0 Å². The molecule has 0 saturated heterocycles. The molecule has 0 amide bonds. The molecule has 0 fully saturated rings. The Balaban J connectivity index is 1.27. The lowest BCUT2D eigenvalue weighted by molar-refractivity contribution is 0.305. The molecular formula is C22H20N4O2.